The van der Waals surface area contributed by atoms with Crippen molar-refractivity contribution in [2.75, 3.05) is 23.4 Å². The van der Waals surface area contributed by atoms with Crippen LogP contribution in [0.25, 0.3) is 0 Å². The van der Waals surface area contributed by atoms with Crippen LogP contribution in [0.3, 0.4) is 0 Å². The molecular formula is C27H27N3O6. The van der Waals surface area contributed by atoms with Crippen molar-refractivity contribution in [3.8, 4) is 0 Å². The lowest BCUT2D eigenvalue weighted by atomic mass is 9.90. The molecule has 186 valence electrons. The molecule has 9 nitrogen and oxygen atoms in total. The van der Waals surface area contributed by atoms with Gasteiger partial charge < -0.3 is 10.1 Å². The van der Waals surface area contributed by atoms with E-state index < -0.39 is 29.9 Å². The minimum Gasteiger partial charge on any atom is -0.452 e. The number of para-hydroxylation sites is 2. The lowest BCUT2D eigenvalue weighted by Crippen LogP contribution is -2.61. The summed E-state index contributed by atoms with van der Waals surface area (Å²) in [5, 5.41) is 2.91. The van der Waals surface area contributed by atoms with Gasteiger partial charge in [0.05, 0.1) is 28.1 Å². The molecule has 2 heterocycles. The number of carbonyl (C=O) groups is 5. The normalized spacial score (nSPS) is 17.8. The monoisotopic (exact) mass is 489 g/mol. The number of esters is 1. The van der Waals surface area contributed by atoms with Gasteiger partial charge in [-0.3, -0.25) is 29.0 Å². The first-order valence-corrected chi connectivity index (χ1v) is 12.3. The Morgan fingerprint density at radius 3 is 2.47 bits per heavy atom. The van der Waals surface area contributed by atoms with Gasteiger partial charge in [-0.1, -0.05) is 38.3 Å². The minimum absolute atomic E-state index is 0.0763. The number of amides is 4. The Kier molecular flexibility index (Phi) is 6.07. The molecule has 1 spiro atoms. The summed E-state index contributed by atoms with van der Waals surface area (Å²) in [6.45, 7) is 1.73. The van der Waals surface area contributed by atoms with E-state index in [1.54, 1.807) is 24.3 Å². The van der Waals surface area contributed by atoms with Crippen LogP contribution in [0.5, 0.6) is 0 Å². The molecule has 3 aliphatic rings. The molecule has 1 fully saturated rings. The maximum atomic E-state index is 13.4. The number of ether oxygens (including phenoxy) is 1. The largest absolute Gasteiger partial charge is 0.452 e. The van der Waals surface area contributed by atoms with Gasteiger partial charge in [0.25, 0.3) is 23.6 Å². The smallest absolute Gasteiger partial charge is 0.338 e. The molecule has 4 amide bonds. The van der Waals surface area contributed by atoms with E-state index in [0.717, 1.165) is 19.3 Å². The van der Waals surface area contributed by atoms with E-state index in [0.29, 0.717) is 37.2 Å². The summed E-state index contributed by atoms with van der Waals surface area (Å²) in [5.41, 5.74) is 0.599. The third-order valence-electron chi connectivity index (χ3n) is 7.19. The number of rotatable bonds is 6. The predicted molar refractivity (Wildman–Crippen MR) is 131 cm³/mol. The quantitative estimate of drug-likeness (QED) is 0.491. The maximum Gasteiger partial charge on any atom is 0.338 e. The fourth-order valence-electron chi connectivity index (χ4n) is 5.34. The highest BCUT2D eigenvalue weighted by molar-refractivity contribution is 6.22. The van der Waals surface area contributed by atoms with E-state index in [4.69, 9.17) is 4.74 Å². The number of benzene rings is 2. The summed E-state index contributed by atoms with van der Waals surface area (Å²) >= 11 is 0. The van der Waals surface area contributed by atoms with Crippen molar-refractivity contribution in [3.63, 3.8) is 0 Å². The first kappa shape index (κ1) is 23.7. The van der Waals surface area contributed by atoms with Crippen molar-refractivity contribution < 1.29 is 28.7 Å². The van der Waals surface area contributed by atoms with Crippen LogP contribution in [0.2, 0.25) is 0 Å². The van der Waals surface area contributed by atoms with E-state index in [-0.39, 0.29) is 28.5 Å². The highest BCUT2D eigenvalue weighted by Gasteiger charge is 2.52. The summed E-state index contributed by atoms with van der Waals surface area (Å²) in [6.07, 6.45) is 4.22. The zero-order valence-electron chi connectivity index (χ0n) is 20.0. The number of hydrogen-bond donors (Lipinski definition) is 1. The Labute approximate surface area is 208 Å². The van der Waals surface area contributed by atoms with Gasteiger partial charge in [0.1, 0.15) is 5.54 Å². The average molecular weight is 490 g/mol. The van der Waals surface area contributed by atoms with E-state index in [1.165, 1.54) is 28.0 Å². The molecule has 2 aromatic carbocycles. The molecule has 1 aliphatic carbocycles. The van der Waals surface area contributed by atoms with Crippen LogP contribution in [-0.4, -0.2) is 53.2 Å². The topological polar surface area (TPSA) is 113 Å². The van der Waals surface area contributed by atoms with Crippen LogP contribution < -0.4 is 10.2 Å². The predicted octanol–water partition coefficient (Wildman–Crippen LogP) is 3.54. The van der Waals surface area contributed by atoms with Crippen molar-refractivity contribution in [3.05, 3.63) is 59.2 Å². The maximum absolute atomic E-state index is 13.4. The standard InChI is InChI=1S/C27H27N3O6/c1-2-3-14-29-23(32)18-11-10-17(15-19(18)24(29)33)25(34)36-16-22(31)30-21-9-5-4-8-20(21)28-26(35)27(30)12-6-7-13-27/h4-5,8-11,15H,2-3,6-7,12-14,16H2,1H3,(H,28,35). The molecule has 0 atom stereocenters. The van der Waals surface area contributed by atoms with Gasteiger partial charge in [-0.2, -0.15) is 0 Å². The number of nitrogens with zero attached hydrogens (tertiary/aromatic N) is 2. The van der Waals surface area contributed by atoms with Crippen molar-refractivity contribution >= 4 is 41.0 Å². The molecule has 9 heteroatoms. The number of unbranched alkanes of at least 4 members (excludes halogenated alkanes) is 1. The number of nitrogens with one attached hydrogen (secondary N) is 1. The molecule has 36 heavy (non-hydrogen) atoms. The van der Waals surface area contributed by atoms with Crippen molar-refractivity contribution in [1.82, 2.24) is 4.90 Å². The third-order valence-corrected chi connectivity index (χ3v) is 7.19. The number of carbonyl (C=O) groups excluding carboxylic acids is 5. The summed E-state index contributed by atoms with van der Waals surface area (Å²) in [5.74, 6) is -2.32. The Hall–Kier alpha value is -4.01. The molecule has 2 aliphatic heterocycles. The lowest BCUT2D eigenvalue weighted by Gasteiger charge is -2.44. The number of anilines is 2. The fourth-order valence-corrected chi connectivity index (χ4v) is 5.34. The summed E-state index contributed by atoms with van der Waals surface area (Å²) in [4.78, 5) is 67.2. The van der Waals surface area contributed by atoms with Gasteiger partial charge in [-0.15, -0.1) is 0 Å². The van der Waals surface area contributed by atoms with E-state index in [1.807, 2.05) is 6.92 Å². The van der Waals surface area contributed by atoms with Crippen molar-refractivity contribution in [2.45, 2.75) is 51.0 Å². The number of hydrogen-bond acceptors (Lipinski definition) is 6. The molecule has 0 aromatic heterocycles. The van der Waals surface area contributed by atoms with Gasteiger partial charge >= 0.3 is 5.97 Å². The minimum atomic E-state index is -1.000. The molecule has 1 saturated carbocycles. The molecule has 5 rings (SSSR count). The molecule has 0 radical (unpaired) electrons. The first-order chi connectivity index (χ1) is 17.4. The van der Waals surface area contributed by atoms with Gasteiger partial charge in [0.15, 0.2) is 6.61 Å². The van der Waals surface area contributed by atoms with Crippen LogP contribution in [0.15, 0.2) is 42.5 Å². The Balaban J connectivity index is 1.34. The van der Waals surface area contributed by atoms with Crippen LogP contribution in [0.4, 0.5) is 11.4 Å². The summed E-state index contributed by atoms with van der Waals surface area (Å²) in [6, 6.07) is 11.3. The number of imide groups is 1. The first-order valence-electron chi connectivity index (χ1n) is 12.3. The molecule has 0 bridgehead atoms. The van der Waals surface area contributed by atoms with E-state index >= 15 is 0 Å². The number of fused-ring (bicyclic) bond motifs is 2. The summed E-state index contributed by atoms with van der Waals surface area (Å²) in [7, 11) is 0. The SMILES string of the molecule is CCCCN1C(=O)c2ccc(C(=O)OCC(=O)N3c4ccccc4NC(=O)C34CCCC4)cc2C1=O. The van der Waals surface area contributed by atoms with Crippen molar-refractivity contribution in [1.29, 1.82) is 0 Å². The van der Waals surface area contributed by atoms with E-state index in [9.17, 15) is 24.0 Å². The van der Waals surface area contributed by atoms with Gasteiger partial charge in [0.2, 0.25) is 0 Å². The third kappa shape index (κ3) is 3.75. The fraction of sp³-hybridized carbons (Fsp3) is 0.370. The van der Waals surface area contributed by atoms with Gasteiger partial charge in [-0.25, -0.2) is 4.79 Å². The zero-order chi connectivity index (χ0) is 25.4. The Bertz CT molecular complexity index is 1280. The van der Waals surface area contributed by atoms with Crippen LogP contribution in [0.1, 0.15) is 76.5 Å². The average Bonchev–Trinajstić information content (AvgIpc) is 3.46. The highest BCUT2D eigenvalue weighted by atomic mass is 16.5. The van der Waals surface area contributed by atoms with Crippen molar-refractivity contribution in [2.24, 2.45) is 0 Å². The van der Waals surface area contributed by atoms with Gasteiger partial charge in [0, 0.05) is 6.54 Å². The van der Waals surface area contributed by atoms with E-state index in [2.05, 4.69) is 5.32 Å². The molecule has 0 unspecified atom stereocenters. The Morgan fingerprint density at radius 1 is 1.00 bits per heavy atom. The molecular weight excluding hydrogens is 462 g/mol. The molecule has 0 saturated heterocycles. The van der Waals surface area contributed by atoms with Crippen LogP contribution in [-0.2, 0) is 14.3 Å². The van der Waals surface area contributed by atoms with Crippen LogP contribution in [0, 0.1) is 0 Å². The second-order valence-corrected chi connectivity index (χ2v) is 9.39. The zero-order valence-corrected chi connectivity index (χ0v) is 20.0. The van der Waals surface area contributed by atoms with Gasteiger partial charge in [-0.05, 0) is 49.6 Å². The lowest BCUT2D eigenvalue weighted by molar-refractivity contribution is -0.129. The second-order valence-electron chi connectivity index (χ2n) is 9.39. The second kappa shape index (κ2) is 9.22. The summed E-state index contributed by atoms with van der Waals surface area (Å²) < 4.78 is 5.34. The molecule has 1 N–H and O–H groups in total. The van der Waals surface area contributed by atoms with Crippen LogP contribution >= 0.6 is 0 Å². The Morgan fingerprint density at radius 2 is 1.72 bits per heavy atom. The highest BCUT2D eigenvalue weighted by Crippen LogP contribution is 2.45. The molecule has 2 aromatic rings.